The van der Waals surface area contributed by atoms with E-state index < -0.39 is 0 Å². The first kappa shape index (κ1) is 10.4. The summed E-state index contributed by atoms with van der Waals surface area (Å²) in [5, 5.41) is 14.9. The molecule has 0 bridgehead atoms. The SMILES string of the molecule is Cc1ccnn1Cc1ccccc1[N+](=O)[O-]. The van der Waals surface area contributed by atoms with Crippen molar-refractivity contribution in [3.05, 3.63) is 57.9 Å². The van der Waals surface area contributed by atoms with Gasteiger partial charge < -0.3 is 0 Å². The van der Waals surface area contributed by atoms with E-state index in [1.807, 2.05) is 13.0 Å². The van der Waals surface area contributed by atoms with Gasteiger partial charge in [0.05, 0.1) is 17.0 Å². The number of hydrogen-bond acceptors (Lipinski definition) is 3. The summed E-state index contributed by atoms with van der Waals surface area (Å²) in [5.74, 6) is 0. The van der Waals surface area contributed by atoms with E-state index in [0.717, 1.165) is 5.69 Å². The molecule has 0 aliphatic carbocycles. The van der Waals surface area contributed by atoms with Crippen molar-refractivity contribution in [1.82, 2.24) is 9.78 Å². The Kier molecular flexibility index (Phi) is 2.68. The maximum absolute atomic E-state index is 10.8. The second-order valence-corrected chi connectivity index (χ2v) is 3.52. The highest BCUT2D eigenvalue weighted by Crippen LogP contribution is 2.18. The second kappa shape index (κ2) is 4.14. The molecule has 0 spiro atoms. The van der Waals surface area contributed by atoms with E-state index in [1.165, 1.54) is 6.07 Å². The number of rotatable bonds is 3. The zero-order chi connectivity index (χ0) is 11.5. The van der Waals surface area contributed by atoms with Gasteiger partial charge in [0.1, 0.15) is 0 Å². The molecule has 2 rings (SSSR count). The van der Waals surface area contributed by atoms with Gasteiger partial charge in [-0.3, -0.25) is 14.8 Å². The lowest BCUT2D eigenvalue weighted by atomic mass is 10.2. The molecule has 0 amide bonds. The molecule has 0 aliphatic rings. The van der Waals surface area contributed by atoms with E-state index in [2.05, 4.69) is 5.10 Å². The van der Waals surface area contributed by atoms with E-state index in [0.29, 0.717) is 12.1 Å². The highest BCUT2D eigenvalue weighted by molar-refractivity contribution is 5.39. The van der Waals surface area contributed by atoms with Crippen molar-refractivity contribution < 1.29 is 4.92 Å². The number of hydrogen-bond donors (Lipinski definition) is 0. The fraction of sp³-hybridized carbons (Fsp3) is 0.182. The molecule has 0 fully saturated rings. The molecule has 1 aromatic carbocycles. The van der Waals surface area contributed by atoms with Gasteiger partial charge in [0, 0.05) is 18.0 Å². The molecular weight excluding hydrogens is 206 g/mol. The molecule has 2 aromatic rings. The summed E-state index contributed by atoms with van der Waals surface area (Å²) in [4.78, 5) is 10.4. The first-order valence-electron chi connectivity index (χ1n) is 4.89. The maximum atomic E-state index is 10.8. The Hall–Kier alpha value is -2.17. The van der Waals surface area contributed by atoms with Gasteiger partial charge >= 0.3 is 0 Å². The largest absolute Gasteiger partial charge is 0.274 e. The number of aryl methyl sites for hydroxylation is 1. The van der Waals surface area contributed by atoms with Crippen LogP contribution in [0, 0.1) is 17.0 Å². The first-order valence-corrected chi connectivity index (χ1v) is 4.89. The van der Waals surface area contributed by atoms with E-state index in [9.17, 15) is 10.1 Å². The normalized spacial score (nSPS) is 10.3. The molecule has 0 saturated carbocycles. The minimum atomic E-state index is -0.367. The number of nitrogens with zero attached hydrogens (tertiary/aromatic N) is 3. The van der Waals surface area contributed by atoms with Crippen molar-refractivity contribution in [1.29, 1.82) is 0 Å². The predicted octanol–water partition coefficient (Wildman–Crippen LogP) is 2.15. The molecule has 5 heteroatoms. The van der Waals surface area contributed by atoms with Gasteiger partial charge in [0.2, 0.25) is 0 Å². The van der Waals surface area contributed by atoms with Gasteiger partial charge in [0.25, 0.3) is 5.69 Å². The minimum absolute atomic E-state index is 0.136. The van der Waals surface area contributed by atoms with Gasteiger partial charge in [-0.2, -0.15) is 5.10 Å². The zero-order valence-electron chi connectivity index (χ0n) is 8.83. The molecule has 0 unspecified atom stereocenters. The summed E-state index contributed by atoms with van der Waals surface area (Å²) in [7, 11) is 0. The standard InChI is InChI=1S/C11H11N3O2/c1-9-6-7-12-13(9)8-10-4-2-3-5-11(10)14(15)16/h2-7H,8H2,1H3. The third-order valence-electron chi connectivity index (χ3n) is 2.44. The van der Waals surface area contributed by atoms with Crippen molar-refractivity contribution in [3.8, 4) is 0 Å². The van der Waals surface area contributed by atoms with Crippen molar-refractivity contribution in [2.75, 3.05) is 0 Å². The van der Waals surface area contributed by atoms with Gasteiger partial charge in [-0.25, -0.2) is 0 Å². The third-order valence-corrected chi connectivity index (χ3v) is 2.44. The zero-order valence-corrected chi connectivity index (χ0v) is 8.83. The lowest BCUT2D eigenvalue weighted by molar-refractivity contribution is -0.385. The van der Waals surface area contributed by atoms with Crippen LogP contribution in [0.2, 0.25) is 0 Å². The fourth-order valence-corrected chi connectivity index (χ4v) is 1.55. The topological polar surface area (TPSA) is 61.0 Å². The van der Waals surface area contributed by atoms with Gasteiger partial charge in [-0.15, -0.1) is 0 Å². The minimum Gasteiger partial charge on any atom is -0.265 e. The molecular formula is C11H11N3O2. The Balaban J connectivity index is 2.35. The van der Waals surface area contributed by atoms with Crippen LogP contribution in [0.1, 0.15) is 11.3 Å². The van der Waals surface area contributed by atoms with Gasteiger partial charge in [-0.1, -0.05) is 18.2 Å². The van der Waals surface area contributed by atoms with Crippen LogP contribution >= 0.6 is 0 Å². The molecule has 0 aliphatic heterocycles. The smallest absolute Gasteiger partial charge is 0.265 e. The first-order chi connectivity index (χ1) is 7.68. The van der Waals surface area contributed by atoms with Gasteiger partial charge in [-0.05, 0) is 13.0 Å². The average Bonchev–Trinajstić information content (AvgIpc) is 2.65. The van der Waals surface area contributed by atoms with Crippen LogP contribution in [0.4, 0.5) is 5.69 Å². The molecule has 0 saturated heterocycles. The maximum Gasteiger partial charge on any atom is 0.274 e. The number of para-hydroxylation sites is 1. The van der Waals surface area contributed by atoms with Crippen LogP contribution in [0.5, 0.6) is 0 Å². The van der Waals surface area contributed by atoms with Crippen molar-refractivity contribution >= 4 is 5.69 Å². The van der Waals surface area contributed by atoms with Crippen molar-refractivity contribution in [2.45, 2.75) is 13.5 Å². The number of nitro groups is 1. The Labute approximate surface area is 92.5 Å². The van der Waals surface area contributed by atoms with Crippen LogP contribution in [-0.4, -0.2) is 14.7 Å². The monoisotopic (exact) mass is 217 g/mol. The highest BCUT2D eigenvalue weighted by atomic mass is 16.6. The number of benzene rings is 1. The Morgan fingerprint density at radius 3 is 2.75 bits per heavy atom. The number of nitro benzene ring substituents is 1. The molecule has 1 heterocycles. The Morgan fingerprint density at radius 2 is 2.12 bits per heavy atom. The fourth-order valence-electron chi connectivity index (χ4n) is 1.55. The van der Waals surface area contributed by atoms with Crippen LogP contribution in [0.25, 0.3) is 0 Å². The van der Waals surface area contributed by atoms with E-state index in [1.54, 1.807) is 29.1 Å². The average molecular weight is 217 g/mol. The number of aromatic nitrogens is 2. The third kappa shape index (κ3) is 1.93. The van der Waals surface area contributed by atoms with Crippen LogP contribution in [0.3, 0.4) is 0 Å². The molecule has 0 N–H and O–H groups in total. The molecule has 1 aromatic heterocycles. The lowest BCUT2D eigenvalue weighted by Crippen LogP contribution is -2.05. The van der Waals surface area contributed by atoms with Crippen LogP contribution < -0.4 is 0 Å². The molecule has 5 nitrogen and oxygen atoms in total. The summed E-state index contributed by atoms with van der Waals surface area (Å²) in [5.41, 5.74) is 1.79. The molecule has 0 radical (unpaired) electrons. The van der Waals surface area contributed by atoms with E-state index in [4.69, 9.17) is 0 Å². The lowest BCUT2D eigenvalue weighted by Gasteiger charge is -2.04. The molecule has 16 heavy (non-hydrogen) atoms. The highest BCUT2D eigenvalue weighted by Gasteiger charge is 2.13. The summed E-state index contributed by atoms with van der Waals surface area (Å²) >= 11 is 0. The summed E-state index contributed by atoms with van der Waals surface area (Å²) in [6.07, 6.45) is 1.68. The van der Waals surface area contributed by atoms with E-state index in [-0.39, 0.29) is 10.6 Å². The predicted molar refractivity (Wildman–Crippen MR) is 59.2 cm³/mol. The van der Waals surface area contributed by atoms with Crippen LogP contribution in [0.15, 0.2) is 36.5 Å². The van der Waals surface area contributed by atoms with E-state index >= 15 is 0 Å². The van der Waals surface area contributed by atoms with Crippen LogP contribution in [-0.2, 0) is 6.54 Å². The van der Waals surface area contributed by atoms with Crippen molar-refractivity contribution in [2.24, 2.45) is 0 Å². The quantitative estimate of drug-likeness (QED) is 0.584. The van der Waals surface area contributed by atoms with Gasteiger partial charge in [0.15, 0.2) is 0 Å². The van der Waals surface area contributed by atoms with Crippen molar-refractivity contribution in [3.63, 3.8) is 0 Å². The Bertz CT molecular complexity index is 519. The summed E-state index contributed by atoms with van der Waals surface area (Å²) in [6, 6.07) is 8.58. The second-order valence-electron chi connectivity index (χ2n) is 3.52. The summed E-state index contributed by atoms with van der Waals surface area (Å²) < 4.78 is 1.74. The Morgan fingerprint density at radius 1 is 1.38 bits per heavy atom. The summed E-state index contributed by atoms with van der Waals surface area (Å²) in [6.45, 7) is 2.34. The molecule has 0 atom stereocenters. The molecule has 82 valence electrons.